The van der Waals surface area contributed by atoms with Crippen LogP contribution in [0.15, 0.2) is 48.9 Å². The number of benzene rings is 1. The molecule has 1 aliphatic carbocycles. The minimum absolute atomic E-state index is 0.0669. The highest BCUT2D eigenvalue weighted by molar-refractivity contribution is 6.02. The number of piperidine rings is 1. The molecule has 0 bridgehead atoms. The molecule has 1 saturated heterocycles. The van der Waals surface area contributed by atoms with Gasteiger partial charge in [-0.05, 0) is 20.8 Å². The van der Waals surface area contributed by atoms with Gasteiger partial charge in [0.25, 0.3) is 5.92 Å². The highest BCUT2D eigenvalue weighted by atomic mass is 19.3. The molecule has 1 aromatic carbocycles. The maximum atomic E-state index is 15.0. The van der Waals surface area contributed by atoms with Crippen molar-refractivity contribution in [2.75, 3.05) is 25.5 Å². The number of fused-ring (bicyclic) bond motifs is 2. The van der Waals surface area contributed by atoms with E-state index in [1.165, 1.54) is 13.4 Å². The third-order valence-electron chi connectivity index (χ3n) is 7.60. The molecule has 6 rings (SSSR count). The number of aryl methyl sites for hydroxylation is 1. The number of hydrogen-bond donors (Lipinski definition) is 1. The number of hydrogen-bond acceptors (Lipinski definition) is 8. The lowest BCUT2D eigenvalue weighted by molar-refractivity contribution is -0.125. The number of aromatic nitrogens is 5. The molecule has 11 nitrogen and oxygen atoms in total. The molecule has 1 N–H and O–H groups in total. The normalized spacial score (nSPS) is 20.7. The van der Waals surface area contributed by atoms with Crippen LogP contribution in [0.4, 0.5) is 19.4 Å². The fourth-order valence-electron chi connectivity index (χ4n) is 5.55. The van der Waals surface area contributed by atoms with Crippen molar-refractivity contribution < 1.29 is 27.8 Å². The van der Waals surface area contributed by atoms with Gasteiger partial charge in [-0.3, -0.25) is 9.48 Å². The van der Waals surface area contributed by atoms with Crippen LogP contribution in [-0.2, 0) is 16.6 Å². The van der Waals surface area contributed by atoms with E-state index in [0.717, 1.165) is 10.5 Å². The van der Waals surface area contributed by atoms with Crippen molar-refractivity contribution in [2.24, 2.45) is 18.4 Å². The summed E-state index contributed by atoms with van der Waals surface area (Å²) in [5.41, 5.74) is 0.452. The molecule has 2 atom stereocenters. The summed E-state index contributed by atoms with van der Waals surface area (Å²) < 4.78 is 42.5. The molecule has 2 aliphatic rings. The Labute approximate surface area is 239 Å². The number of anilines is 1. The van der Waals surface area contributed by atoms with Crippen LogP contribution in [0.1, 0.15) is 20.8 Å². The third-order valence-corrected chi connectivity index (χ3v) is 7.60. The monoisotopic (exact) mass is 577 g/mol. The lowest BCUT2D eigenvalue weighted by Gasteiger charge is -2.27. The number of alkyl halides is 2. The van der Waals surface area contributed by atoms with Crippen LogP contribution < -0.4 is 10.1 Å². The highest BCUT2D eigenvalue weighted by Crippen LogP contribution is 2.70. The molecule has 0 spiro atoms. The lowest BCUT2D eigenvalue weighted by atomic mass is 10.0. The SMILES string of the molecule is COc1cc2ncnc(-c3cn(C)nc3-c3ccccc3)c2nc1NC(=O)C12CN(C(=O)OC(C)(C)C)CC1C2(F)F. The second kappa shape index (κ2) is 9.43. The predicted molar refractivity (Wildman–Crippen MR) is 149 cm³/mol. The standard InChI is InChI=1S/C29H29F2N7O4/c1-27(2,3)42-26(40)38-13-20-28(14-38,29(20,30)31)25(39)35-24-19(41-5)11-18-23(34-24)22(33-15-32-18)17-12-37(4)36-21(17)16-9-7-6-8-10-16/h6-12,15,20H,13-14H2,1-5H3,(H,34,35,39). The van der Waals surface area contributed by atoms with Crippen LogP contribution in [-0.4, -0.2) is 73.4 Å². The number of halogens is 2. The van der Waals surface area contributed by atoms with E-state index in [-0.39, 0.29) is 18.1 Å². The van der Waals surface area contributed by atoms with Gasteiger partial charge in [0.1, 0.15) is 34.2 Å². The number of ether oxygens (including phenoxy) is 2. The van der Waals surface area contributed by atoms with Gasteiger partial charge in [0.15, 0.2) is 11.6 Å². The fourth-order valence-corrected chi connectivity index (χ4v) is 5.55. The van der Waals surface area contributed by atoms with E-state index in [0.29, 0.717) is 28.0 Å². The summed E-state index contributed by atoms with van der Waals surface area (Å²) in [7, 11) is 3.16. The van der Waals surface area contributed by atoms with Crippen molar-refractivity contribution in [2.45, 2.75) is 32.3 Å². The molecule has 1 aliphatic heterocycles. The molecular weight excluding hydrogens is 548 g/mol. The fraction of sp³-hybridized carbons (Fsp3) is 0.379. The first-order valence-electron chi connectivity index (χ1n) is 13.3. The summed E-state index contributed by atoms with van der Waals surface area (Å²) in [5.74, 6) is -5.53. The molecule has 1 saturated carbocycles. The van der Waals surface area contributed by atoms with Gasteiger partial charge in [-0.15, -0.1) is 0 Å². The van der Waals surface area contributed by atoms with Crippen LogP contribution in [0.5, 0.6) is 5.75 Å². The molecule has 2 fully saturated rings. The zero-order valence-corrected chi connectivity index (χ0v) is 23.7. The number of likely N-dealkylation sites (tertiary alicyclic amines) is 1. The number of pyridine rings is 1. The Bertz CT molecular complexity index is 1720. The molecule has 13 heteroatoms. The number of carbonyl (C=O) groups excluding carboxylic acids is 2. The molecule has 3 aromatic heterocycles. The van der Waals surface area contributed by atoms with Gasteiger partial charge in [0.05, 0.1) is 18.5 Å². The Morgan fingerprint density at radius 1 is 1.12 bits per heavy atom. The predicted octanol–water partition coefficient (Wildman–Crippen LogP) is 4.54. The van der Waals surface area contributed by atoms with Crippen molar-refractivity contribution in [3.8, 4) is 28.3 Å². The van der Waals surface area contributed by atoms with Crippen LogP contribution in [0.3, 0.4) is 0 Å². The minimum Gasteiger partial charge on any atom is -0.493 e. The highest BCUT2D eigenvalue weighted by Gasteiger charge is 2.88. The van der Waals surface area contributed by atoms with Crippen molar-refractivity contribution in [1.82, 2.24) is 29.6 Å². The van der Waals surface area contributed by atoms with Crippen LogP contribution in [0.2, 0.25) is 0 Å². The smallest absolute Gasteiger partial charge is 0.410 e. The lowest BCUT2D eigenvalue weighted by Crippen LogP contribution is -2.42. The van der Waals surface area contributed by atoms with Gasteiger partial charge in [0.2, 0.25) is 5.91 Å². The molecule has 4 heterocycles. The molecule has 4 aromatic rings. The first kappa shape index (κ1) is 27.5. The summed E-state index contributed by atoms with van der Waals surface area (Å²) in [4.78, 5) is 40.7. The number of methoxy groups -OCH3 is 1. The first-order chi connectivity index (χ1) is 19.9. The Morgan fingerprint density at radius 2 is 1.86 bits per heavy atom. The molecule has 2 amide bonds. The van der Waals surface area contributed by atoms with Gasteiger partial charge in [0, 0.05) is 43.5 Å². The van der Waals surface area contributed by atoms with Gasteiger partial charge in [-0.2, -0.15) is 5.10 Å². The number of nitrogens with zero attached hydrogens (tertiary/aromatic N) is 6. The maximum absolute atomic E-state index is 15.0. The summed E-state index contributed by atoms with van der Waals surface area (Å²) in [6.07, 6.45) is 2.44. The van der Waals surface area contributed by atoms with E-state index in [1.807, 2.05) is 30.3 Å². The molecule has 218 valence electrons. The molecule has 0 radical (unpaired) electrons. The number of nitrogens with one attached hydrogen (secondary N) is 1. The number of rotatable bonds is 5. The Balaban J connectivity index is 1.36. The van der Waals surface area contributed by atoms with E-state index < -0.39 is 41.4 Å². The van der Waals surface area contributed by atoms with E-state index >= 15 is 8.78 Å². The summed E-state index contributed by atoms with van der Waals surface area (Å²) in [5, 5.41) is 7.16. The van der Waals surface area contributed by atoms with E-state index in [4.69, 9.17) is 9.47 Å². The average Bonchev–Trinajstić information content (AvgIpc) is 3.32. The van der Waals surface area contributed by atoms with Gasteiger partial charge in [-0.1, -0.05) is 30.3 Å². The Kier molecular flexibility index (Phi) is 6.17. The summed E-state index contributed by atoms with van der Waals surface area (Å²) in [6, 6.07) is 11.1. The number of carbonyl (C=O) groups is 2. The Morgan fingerprint density at radius 3 is 2.55 bits per heavy atom. The van der Waals surface area contributed by atoms with E-state index in [2.05, 4.69) is 25.4 Å². The maximum Gasteiger partial charge on any atom is 0.410 e. The van der Waals surface area contributed by atoms with Gasteiger partial charge >= 0.3 is 6.09 Å². The second-order valence-electron chi connectivity index (χ2n) is 11.5. The van der Waals surface area contributed by atoms with Gasteiger partial charge in [-0.25, -0.2) is 28.5 Å². The second-order valence-corrected chi connectivity index (χ2v) is 11.5. The zero-order valence-electron chi connectivity index (χ0n) is 23.7. The van der Waals surface area contributed by atoms with E-state index in [9.17, 15) is 9.59 Å². The molecule has 42 heavy (non-hydrogen) atoms. The number of amides is 2. The summed E-state index contributed by atoms with van der Waals surface area (Å²) in [6.45, 7) is 4.28. The van der Waals surface area contributed by atoms with Crippen LogP contribution >= 0.6 is 0 Å². The average molecular weight is 578 g/mol. The quantitative estimate of drug-likeness (QED) is 0.367. The first-order valence-corrected chi connectivity index (χ1v) is 13.3. The van der Waals surface area contributed by atoms with Gasteiger partial charge < -0.3 is 19.7 Å². The van der Waals surface area contributed by atoms with Crippen LogP contribution in [0, 0.1) is 11.3 Å². The largest absolute Gasteiger partial charge is 0.493 e. The van der Waals surface area contributed by atoms with Crippen molar-refractivity contribution in [1.29, 1.82) is 0 Å². The van der Waals surface area contributed by atoms with Crippen molar-refractivity contribution in [3.05, 3.63) is 48.9 Å². The Hall–Kier alpha value is -4.68. The zero-order chi connectivity index (χ0) is 30.0. The van der Waals surface area contributed by atoms with Crippen molar-refractivity contribution >= 4 is 28.9 Å². The van der Waals surface area contributed by atoms with E-state index in [1.54, 1.807) is 44.8 Å². The van der Waals surface area contributed by atoms with Crippen molar-refractivity contribution in [3.63, 3.8) is 0 Å². The molecule has 2 unspecified atom stereocenters. The molecular formula is C29H29F2N7O4. The van der Waals surface area contributed by atoms with Crippen LogP contribution in [0.25, 0.3) is 33.5 Å². The topological polar surface area (TPSA) is 124 Å². The third kappa shape index (κ3) is 4.30. The summed E-state index contributed by atoms with van der Waals surface area (Å²) >= 11 is 0. The minimum atomic E-state index is -3.30.